The van der Waals surface area contributed by atoms with Crippen LogP contribution in [0.3, 0.4) is 0 Å². The molecule has 7 nitrogen and oxygen atoms in total. The summed E-state index contributed by atoms with van der Waals surface area (Å²) < 4.78 is 13.5. The minimum absolute atomic E-state index is 0.0783. The average molecular weight is 358 g/mol. The molecule has 0 bridgehead atoms. The van der Waals surface area contributed by atoms with Gasteiger partial charge < -0.3 is 20.2 Å². The van der Waals surface area contributed by atoms with E-state index in [0.717, 1.165) is 6.07 Å². The molecule has 0 radical (unpaired) electrons. The zero-order valence-electron chi connectivity index (χ0n) is 12.7. The summed E-state index contributed by atoms with van der Waals surface area (Å²) in [5.41, 5.74) is -0.116. The van der Waals surface area contributed by atoms with E-state index >= 15 is 0 Å². The van der Waals surface area contributed by atoms with Crippen LogP contribution in [-0.4, -0.2) is 70.0 Å². The van der Waals surface area contributed by atoms with Crippen LogP contribution in [0.25, 0.3) is 0 Å². The maximum atomic E-state index is 13.5. The Hall–Kier alpha value is -1.92. The number of amides is 1. The van der Waals surface area contributed by atoms with Crippen molar-refractivity contribution in [3.8, 4) is 6.07 Å². The summed E-state index contributed by atoms with van der Waals surface area (Å²) in [5.74, 6) is -0.762. The molecule has 1 heterocycles. The third-order valence-electron chi connectivity index (χ3n) is 4.09. The summed E-state index contributed by atoms with van der Waals surface area (Å²) in [6.07, 6.45) is -2.16. The molecule has 0 spiro atoms. The predicted molar refractivity (Wildman–Crippen MR) is 83.1 cm³/mol. The molecule has 3 N–H and O–H groups in total. The van der Waals surface area contributed by atoms with E-state index in [1.807, 2.05) is 0 Å². The number of halogens is 2. The van der Waals surface area contributed by atoms with Gasteiger partial charge in [-0.3, -0.25) is 4.90 Å². The standard InChI is InChI=1S/C15H17ClFN3O4/c16-14-10(1-2-12(17)11(14)5-18)13(22)7-19-3-4-20(15(23)24)6-9(19)8-21/h1-2,9,13,21-22H,3-4,6-8H2,(H,23,24)/t9-,13?/m0/s1. The SMILES string of the molecule is N#Cc1c(F)ccc(C(O)CN2CCN(C(=O)O)C[C@H]2CO)c1Cl. The number of carboxylic acid groups (broad SMARTS) is 1. The fourth-order valence-electron chi connectivity index (χ4n) is 2.73. The van der Waals surface area contributed by atoms with Crippen molar-refractivity contribution >= 4 is 17.7 Å². The third kappa shape index (κ3) is 3.76. The van der Waals surface area contributed by atoms with E-state index in [2.05, 4.69) is 0 Å². The first-order valence-corrected chi connectivity index (χ1v) is 7.65. The van der Waals surface area contributed by atoms with Crippen molar-refractivity contribution in [1.29, 1.82) is 5.26 Å². The molecule has 24 heavy (non-hydrogen) atoms. The summed E-state index contributed by atoms with van der Waals surface area (Å²) >= 11 is 5.99. The number of rotatable bonds is 4. The molecule has 1 aromatic carbocycles. The van der Waals surface area contributed by atoms with E-state index in [0.29, 0.717) is 6.54 Å². The Balaban J connectivity index is 2.14. The number of carbonyl (C=O) groups is 1. The van der Waals surface area contributed by atoms with Crippen molar-refractivity contribution in [1.82, 2.24) is 9.80 Å². The quantitative estimate of drug-likeness (QED) is 0.743. The Morgan fingerprint density at radius 3 is 2.79 bits per heavy atom. The summed E-state index contributed by atoms with van der Waals surface area (Å²) in [5, 5.41) is 37.6. The van der Waals surface area contributed by atoms with Gasteiger partial charge in [0.1, 0.15) is 17.4 Å². The Morgan fingerprint density at radius 2 is 2.21 bits per heavy atom. The van der Waals surface area contributed by atoms with E-state index in [4.69, 9.17) is 22.0 Å². The largest absolute Gasteiger partial charge is 0.465 e. The lowest BCUT2D eigenvalue weighted by Gasteiger charge is -2.40. The number of nitriles is 1. The molecule has 1 unspecified atom stereocenters. The first kappa shape index (κ1) is 18.4. The van der Waals surface area contributed by atoms with Gasteiger partial charge in [0.25, 0.3) is 0 Å². The van der Waals surface area contributed by atoms with Crippen LogP contribution in [0.2, 0.25) is 5.02 Å². The molecule has 1 aliphatic heterocycles. The van der Waals surface area contributed by atoms with Crippen LogP contribution in [0.1, 0.15) is 17.2 Å². The van der Waals surface area contributed by atoms with E-state index in [-0.39, 0.29) is 42.4 Å². The maximum absolute atomic E-state index is 13.5. The number of aliphatic hydroxyl groups is 2. The van der Waals surface area contributed by atoms with Gasteiger partial charge in [-0.1, -0.05) is 17.7 Å². The van der Waals surface area contributed by atoms with E-state index in [1.54, 1.807) is 11.0 Å². The molecule has 2 rings (SSSR count). The number of hydrogen-bond acceptors (Lipinski definition) is 5. The second kappa shape index (κ2) is 7.77. The molecule has 0 saturated carbocycles. The zero-order chi connectivity index (χ0) is 17.9. The van der Waals surface area contributed by atoms with Crippen molar-refractivity contribution < 1.29 is 24.5 Å². The Bertz CT molecular complexity index is 667. The van der Waals surface area contributed by atoms with E-state index in [9.17, 15) is 19.4 Å². The van der Waals surface area contributed by atoms with E-state index in [1.165, 1.54) is 11.0 Å². The number of nitrogens with zero attached hydrogens (tertiary/aromatic N) is 3. The first-order valence-electron chi connectivity index (χ1n) is 7.27. The van der Waals surface area contributed by atoms with E-state index < -0.39 is 24.1 Å². The molecule has 0 aliphatic carbocycles. The van der Waals surface area contributed by atoms with Gasteiger partial charge in [0, 0.05) is 31.7 Å². The highest BCUT2D eigenvalue weighted by Crippen LogP contribution is 2.29. The number of β-amino-alcohol motifs (C(OH)–C–C–N with tert-alkyl or cyclic N) is 1. The number of hydrogen-bond donors (Lipinski definition) is 3. The fourth-order valence-corrected chi connectivity index (χ4v) is 3.05. The molecule has 9 heteroatoms. The van der Waals surface area contributed by atoms with Gasteiger partial charge in [0.2, 0.25) is 0 Å². The molecule has 2 atom stereocenters. The minimum atomic E-state index is -1.10. The van der Waals surface area contributed by atoms with Crippen molar-refractivity contribution in [3.05, 3.63) is 34.1 Å². The topological polar surface area (TPSA) is 108 Å². The second-order valence-corrected chi connectivity index (χ2v) is 5.89. The smallest absolute Gasteiger partial charge is 0.407 e. The molecule has 1 aliphatic rings. The van der Waals surface area contributed by atoms with Gasteiger partial charge in [-0.15, -0.1) is 0 Å². The number of benzene rings is 1. The molecule has 1 fully saturated rings. The highest BCUT2D eigenvalue weighted by atomic mass is 35.5. The molecule has 1 aromatic rings. The summed E-state index contributed by atoms with van der Waals surface area (Å²) in [7, 11) is 0. The summed E-state index contributed by atoms with van der Waals surface area (Å²) in [6, 6.07) is 3.57. The molecule has 1 amide bonds. The van der Waals surface area contributed by atoms with Crippen molar-refractivity contribution in [2.24, 2.45) is 0 Å². The summed E-state index contributed by atoms with van der Waals surface area (Å²) in [6.45, 7) is 0.517. The lowest BCUT2D eigenvalue weighted by Crippen LogP contribution is -2.56. The average Bonchev–Trinajstić information content (AvgIpc) is 2.55. The van der Waals surface area contributed by atoms with Gasteiger partial charge in [-0.25, -0.2) is 9.18 Å². The highest BCUT2D eigenvalue weighted by molar-refractivity contribution is 6.32. The van der Waals surface area contributed by atoms with Gasteiger partial charge in [0.05, 0.1) is 23.8 Å². The Labute approximate surface area is 143 Å². The predicted octanol–water partition coefficient (Wildman–Crippen LogP) is 1.04. The van der Waals surface area contributed by atoms with Crippen LogP contribution in [0.15, 0.2) is 12.1 Å². The normalized spacial score (nSPS) is 19.8. The van der Waals surface area contributed by atoms with Crippen molar-refractivity contribution in [3.63, 3.8) is 0 Å². The lowest BCUT2D eigenvalue weighted by atomic mass is 10.0. The highest BCUT2D eigenvalue weighted by Gasteiger charge is 2.31. The maximum Gasteiger partial charge on any atom is 0.407 e. The second-order valence-electron chi connectivity index (χ2n) is 5.51. The van der Waals surface area contributed by atoms with Crippen LogP contribution in [0, 0.1) is 17.1 Å². The lowest BCUT2D eigenvalue weighted by molar-refractivity contribution is 0.0130. The number of piperazine rings is 1. The van der Waals surface area contributed by atoms with Crippen LogP contribution in [0.4, 0.5) is 9.18 Å². The van der Waals surface area contributed by atoms with Gasteiger partial charge in [0.15, 0.2) is 0 Å². The van der Waals surface area contributed by atoms with Crippen LogP contribution in [0.5, 0.6) is 0 Å². The monoisotopic (exact) mass is 357 g/mol. The van der Waals surface area contributed by atoms with Crippen LogP contribution in [-0.2, 0) is 0 Å². The summed E-state index contributed by atoms with van der Waals surface area (Å²) in [4.78, 5) is 13.9. The molecular weight excluding hydrogens is 341 g/mol. The Kier molecular flexibility index (Phi) is 5.96. The van der Waals surface area contributed by atoms with Gasteiger partial charge >= 0.3 is 6.09 Å². The Morgan fingerprint density at radius 1 is 1.50 bits per heavy atom. The molecular formula is C15H17ClFN3O4. The molecule has 0 aromatic heterocycles. The van der Waals surface area contributed by atoms with Crippen LogP contribution < -0.4 is 0 Å². The van der Waals surface area contributed by atoms with Crippen molar-refractivity contribution in [2.75, 3.05) is 32.8 Å². The molecule has 1 saturated heterocycles. The molecule has 130 valence electrons. The third-order valence-corrected chi connectivity index (χ3v) is 4.49. The zero-order valence-corrected chi connectivity index (χ0v) is 13.4. The first-order chi connectivity index (χ1) is 11.4. The van der Waals surface area contributed by atoms with Crippen LogP contribution >= 0.6 is 11.6 Å². The number of aliphatic hydroxyl groups excluding tert-OH is 2. The van der Waals surface area contributed by atoms with Crippen molar-refractivity contribution in [2.45, 2.75) is 12.1 Å². The van der Waals surface area contributed by atoms with Gasteiger partial charge in [-0.2, -0.15) is 5.26 Å². The minimum Gasteiger partial charge on any atom is -0.465 e. The fraction of sp³-hybridized carbons (Fsp3) is 0.467. The van der Waals surface area contributed by atoms with Gasteiger partial charge in [-0.05, 0) is 6.07 Å².